The lowest BCUT2D eigenvalue weighted by atomic mass is 10.2. The highest BCUT2D eigenvalue weighted by Crippen LogP contribution is 2.24. The zero-order valence-corrected chi connectivity index (χ0v) is 13.4. The standard InChI is InChI=1S/C18H17N3O3/c1-12(2)24-16-9-4-3-8-15(16)21-18(23)17(22)20-14-7-5-6-13(10-14)11-19/h3-10,12H,1-2H3,(H,20,22)(H,21,23). The molecule has 0 aliphatic heterocycles. The van der Waals surface area contributed by atoms with E-state index in [2.05, 4.69) is 10.6 Å². The van der Waals surface area contributed by atoms with E-state index < -0.39 is 11.8 Å². The minimum atomic E-state index is -0.829. The number of hydrogen-bond donors (Lipinski definition) is 2. The molecular weight excluding hydrogens is 306 g/mol. The molecule has 0 bridgehead atoms. The first-order chi connectivity index (χ1) is 11.5. The van der Waals surface area contributed by atoms with Crippen LogP contribution >= 0.6 is 0 Å². The highest BCUT2D eigenvalue weighted by atomic mass is 16.5. The first-order valence-electron chi connectivity index (χ1n) is 7.38. The monoisotopic (exact) mass is 323 g/mol. The zero-order chi connectivity index (χ0) is 17.5. The van der Waals surface area contributed by atoms with Gasteiger partial charge in [-0.1, -0.05) is 18.2 Å². The number of rotatable bonds is 4. The largest absolute Gasteiger partial charge is 0.489 e. The van der Waals surface area contributed by atoms with Gasteiger partial charge in [0, 0.05) is 5.69 Å². The molecule has 2 N–H and O–H groups in total. The predicted molar refractivity (Wildman–Crippen MR) is 90.6 cm³/mol. The normalized spacial score (nSPS) is 9.92. The summed E-state index contributed by atoms with van der Waals surface area (Å²) < 4.78 is 5.59. The summed E-state index contributed by atoms with van der Waals surface area (Å²) >= 11 is 0. The SMILES string of the molecule is CC(C)Oc1ccccc1NC(=O)C(=O)Nc1cccc(C#N)c1. The van der Waals surface area contributed by atoms with Crippen LogP contribution in [0.15, 0.2) is 48.5 Å². The molecule has 24 heavy (non-hydrogen) atoms. The van der Waals surface area contributed by atoms with Gasteiger partial charge in [-0.25, -0.2) is 0 Å². The summed E-state index contributed by atoms with van der Waals surface area (Å²) in [5.74, 6) is -1.17. The van der Waals surface area contributed by atoms with E-state index in [4.69, 9.17) is 10.00 Å². The summed E-state index contributed by atoms with van der Waals surface area (Å²) in [6.45, 7) is 3.74. The van der Waals surface area contributed by atoms with Crippen LogP contribution in [0.1, 0.15) is 19.4 Å². The molecule has 0 atom stereocenters. The molecule has 0 spiro atoms. The minimum Gasteiger partial charge on any atom is -0.489 e. The maximum atomic E-state index is 12.1. The molecule has 0 aliphatic rings. The number of nitrogens with zero attached hydrogens (tertiary/aromatic N) is 1. The van der Waals surface area contributed by atoms with E-state index in [-0.39, 0.29) is 6.10 Å². The summed E-state index contributed by atoms with van der Waals surface area (Å²) in [6.07, 6.45) is -0.0643. The molecule has 2 aromatic rings. The summed E-state index contributed by atoms with van der Waals surface area (Å²) in [6, 6.07) is 15.2. The fourth-order valence-corrected chi connectivity index (χ4v) is 1.96. The molecule has 6 nitrogen and oxygen atoms in total. The number of carbonyl (C=O) groups excluding carboxylic acids is 2. The Morgan fingerprint density at radius 2 is 1.75 bits per heavy atom. The quantitative estimate of drug-likeness (QED) is 0.846. The van der Waals surface area contributed by atoms with Crippen LogP contribution in [-0.2, 0) is 9.59 Å². The molecule has 2 aromatic carbocycles. The first-order valence-corrected chi connectivity index (χ1v) is 7.38. The molecule has 6 heteroatoms. The molecule has 2 rings (SSSR count). The van der Waals surface area contributed by atoms with Crippen LogP contribution < -0.4 is 15.4 Å². The molecular formula is C18H17N3O3. The van der Waals surface area contributed by atoms with E-state index in [1.54, 1.807) is 42.5 Å². The molecule has 0 aromatic heterocycles. The minimum absolute atomic E-state index is 0.0643. The molecule has 0 fully saturated rings. The molecule has 0 heterocycles. The van der Waals surface area contributed by atoms with Crippen molar-refractivity contribution in [2.45, 2.75) is 20.0 Å². The Kier molecular flexibility index (Phi) is 5.53. The van der Waals surface area contributed by atoms with Crippen LogP contribution in [0.2, 0.25) is 0 Å². The predicted octanol–water partition coefficient (Wildman–Crippen LogP) is 2.92. The molecule has 2 amide bonds. The second kappa shape index (κ2) is 7.79. The van der Waals surface area contributed by atoms with Crippen LogP contribution in [0.4, 0.5) is 11.4 Å². The van der Waals surface area contributed by atoms with E-state index in [0.717, 1.165) is 0 Å². The van der Waals surface area contributed by atoms with Crippen molar-refractivity contribution >= 4 is 23.2 Å². The summed E-state index contributed by atoms with van der Waals surface area (Å²) in [7, 11) is 0. The van der Waals surface area contributed by atoms with E-state index >= 15 is 0 Å². The van der Waals surface area contributed by atoms with Crippen molar-refractivity contribution in [3.8, 4) is 11.8 Å². The molecule has 0 unspecified atom stereocenters. The molecule has 0 radical (unpaired) electrons. The van der Waals surface area contributed by atoms with Crippen LogP contribution in [0.5, 0.6) is 5.75 Å². The third kappa shape index (κ3) is 4.58. The second-order valence-electron chi connectivity index (χ2n) is 5.26. The Morgan fingerprint density at radius 1 is 1.04 bits per heavy atom. The zero-order valence-electron chi connectivity index (χ0n) is 13.4. The molecule has 0 aliphatic carbocycles. The third-order valence-corrected chi connectivity index (χ3v) is 2.95. The van der Waals surface area contributed by atoms with Gasteiger partial charge in [-0.15, -0.1) is 0 Å². The van der Waals surface area contributed by atoms with Crippen molar-refractivity contribution in [3.05, 3.63) is 54.1 Å². The van der Waals surface area contributed by atoms with Crippen LogP contribution in [0.3, 0.4) is 0 Å². The fourth-order valence-electron chi connectivity index (χ4n) is 1.96. The number of nitrogens with one attached hydrogen (secondary N) is 2. The Balaban J connectivity index is 2.07. The number of anilines is 2. The first kappa shape index (κ1) is 17.0. The Hall–Kier alpha value is -3.33. The van der Waals surface area contributed by atoms with E-state index in [1.807, 2.05) is 19.9 Å². The van der Waals surface area contributed by atoms with Crippen molar-refractivity contribution in [2.75, 3.05) is 10.6 Å². The van der Waals surface area contributed by atoms with Crippen LogP contribution in [0.25, 0.3) is 0 Å². The van der Waals surface area contributed by atoms with Gasteiger partial charge < -0.3 is 15.4 Å². The van der Waals surface area contributed by atoms with Crippen molar-refractivity contribution in [2.24, 2.45) is 0 Å². The number of ether oxygens (including phenoxy) is 1. The highest BCUT2D eigenvalue weighted by molar-refractivity contribution is 6.43. The van der Waals surface area contributed by atoms with Crippen molar-refractivity contribution in [3.63, 3.8) is 0 Å². The number of benzene rings is 2. The smallest absolute Gasteiger partial charge is 0.314 e. The van der Waals surface area contributed by atoms with Gasteiger partial charge in [0.15, 0.2) is 0 Å². The Labute approximate surface area is 140 Å². The molecule has 0 saturated heterocycles. The highest BCUT2D eigenvalue weighted by Gasteiger charge is 2.16. The van der Waals surface area contributed by atoms with Crippen molar-refractivity contribution < 1.29 is 14.3 Å². The Morgan fingerprint density at radius 3 is 2.46 bits per heavy atom. The van der Waals surface area contributed by atoms with Gasteiger partial charge in [0.1, 0.15) is 5.75 Å². The topological polar surface area (TPSA) is 91.2 Å². The van der Waals surface area contributed by atoms with Gasteiger partial charge in [-0.2, -0.15) is 5.26 Å². The maximum absolute atomic E-state index is 12.1. The van der Waals surface area contributed by atoms with E-state index in [1.165, 1.54) is 6.07 Å². The number of para-hydroxylation sites is 2. The average molecular weight is 323 g/mol. The Bertz CT molecular complexity index is 794. The van der Waals surface area contributed by atoms with Crippen molar-refractivity contribution in [1.29, 1.82) is 5.26 Å². The van der Waals surface area contributed by atoms with Crippen LogP contribution in [-0.4, -0.2) is 17.9 Å². The van der Waals surface area contributed by atoms with E-state index in [9.17, 15) is 9.59 Å². The fraction of sp³-hybridized carbons (Fsp3) is 0.167. The summed E-state index contributed by atoms with van der Waals surface area (Å²) in [4.78, 5) is 24.1. The van der Waals surface area contributed by atoms with Crippen LogP contribution in [0, 0.1) is 11.3 Å². The number of carbonyl (C=O) groups is 2. The van der Waals surface area contributed by atoms with Crippen molar-refractivity contribution in [1.82, 2.24) is 0 Å². The van der Waals surface area contributed by atoms with Gasteiger partial charge in [-0.3, -0.25) is 9.59 Å². The van der Waals surface area contributed by atoms with Gasteiger partial charge in [0.05, 0.1) is 23.4 Å². The lowest BCUT2D eigenvalue weighted by Gasteiger charge is -2.14. The number of hydrogen-bond acceptors (Lipinski definition) is 4. The average Bonchev–Trinajstić information content (AvgIpc) is 2.56. The van der Waals surface area contributed by atoms with Gasteiger partial charge >= 0.3 is 11.8 Å². The van der Waals surface area contributed by atoms with Gasteiger partial charge in [-0.05, 0) is 44.2 Å². The lowest BCUT2D eigenvalue weighted by Crippen LogP contribution is -2.29. The van der Waals surface area contributed by atoms with Gasteiger partial charge in [0.25, 0.3) is 0 Å². The lowest BCUT2D eigenvalue weighted by molar-refractivity contribution is -0.133. The summed E-state index contributed by atoms with van der Waals surface area (Å²) in [5, 5.41) is 13.8. The number of amides is 2. The third-order valence-electron chi connectivity index (χ3n) is 2.95. The molecule has 122 valence electrons. The number of nitriles is 1. The maximum Gasteiger partial charge on any atom is 0.314 e. The molecule has 0 saturated carbocycles. The summed E-state index contributed by atoms with van der Waals surface area (Å²) in [5.41, 5.74) is 1.18. The van der Waals surface area contributed by atoms with Gasteiger partial charge in [0.2, 0.25) is 0 Å². The van der Waals surface area contributed by atoms with E-state index in [0.29, 0.717) is 22.7 Å². The second-order valence-corrected chi connectivity index (χ2v) is 5.26.